The molecule has 1 aromatic carbocycles. The molecule has 0 aliphatic carbocycles. The van der Waals surface area contributed by atoms with E-state index in [1.165, 1.54) is 12.1 Å². The first kappa shape index (κ1) is 14.0. The van der Waals surface area contributed by atoms with Gasteiger partial charge in [-0.15, -0.1) is 0 Å². The van der Waals surface area contributed by atoms with Crippen molar-refractivity contribution in [3.63, 3.8) is 0 Å². The summed E-state index contributed by atoms with van der Waals surface area (Å²) in [6.45, 7) is 1.18. The summed E-state index contributed by atoms with van der Waals surface area (Å²) in [5.74, 6) is 0. The lowest BCUT2D eigenvalue weighted by Gasteiger charge is -2.33. The maximum Gasteiger partial charge on any atom is 0.294 e. The Hall–Kier alpha value is -1.45. The van der Waals surface area contributed by atoms with Gasteiger partial charge in [-0.3, -0.25) is 9.56 Å². The second-order valence-electron chi connectivity index (χ2n) is 3.99. The van der Waals surface area contributed by atoms with E-state index in [1.807, 2.05) is 6.08 Å². The Bertz CT molecular complexity index is 556. The third kappa shape index (κ3) is 3.52. The van der Waals surface area contributed by atoms with Crippen molar-refractivity contribution in [2.45, 2.75) is 4.90 Å². The lowest BCUT2D eigenvalue weighted by molar-refractivity contribution is 0.151. The van der Waals surface area contributed by atoms with E-state index in [2.05, 4.69) is 5.53 Å². The smallest absolute Gasteiger partial charge is 0.294 e. The molecule has 8 heteroatoms. The average molecular weight is 285 g/mol. The second kappa shape index (κ2) is 5.68. The monoisotopic (exact) mass is 285 g/mol. The summed E-state index contributed by atoms with van der Waals surface area (Å²) >= 11 is 0. The van der Waals surface area contributed by atoms with Crippen LogP contribution in [-0.4, -0.2) is 42.8 Å². The van der Waals surface area contributed by atoms with Gasteiger partial charge >= 0.3 is 0 Å². The summed E-state index contributed by atoms with van der Waals surface area (Å²) in [6.07, 6.45) is 3.71. The predicted molar refractivity (Wildman–Crippen MR) is 69.7 cm³/mol. The zero-order valence-corrected chi connectivity index (χ0v) is 10.9. The number of nitrogens with one attached hydrogen (secondary N) is 1. The lowest BCUT2D eigenvalue weighted by Crippen LogP contribution is -2.51. The van der Waals surface area contributed by atoms with Crippen LogP contribution in [0.3, 0.4) is 0 Å². The van der Waals surface area contributed by atoms with Crippen molar-refractivity contribution in [3.05, 3.63) is 36.5 Å². The van der Waals surface area contributed by atoms with Crippen LogP contribution in [0.25, 0.3) is 0 Å². The number of β-amino-alcohol motifs (C(OH)–C–C–N with tert-alkyl or cyclic N) is 1. The Morgan fingerprint density at radius 2 is 1.95 bits per heavy atom. The molecule has 0 amide bonds. The number of hydrazine groups is 2. The molecule has 0 bridgehead atoms. The Morgan fingerprint density at radius 3 is 2.53 bits per heavy atom. The van der Waals surface area contributed by atoms with Crippen LogP contribution in [0.1, 0.15) is 0 Å². The van der Waals surface area contributed by atoms with Crippen LogP contribution in [0.15, 0.2) is 41.4 Å². The lowest BCUT2D eigenvalue weighted by atomic mass is 10.3. The van der Waals surface area contributed by atoms with Crippen molar-refractivity contribution in [2.75, 3.05) is 24.7 Å². The molecule has 104 valence electrons. The minimum absolute atomic E-state index is 0.0381. The molecule has 2 rings (SSSR count). The normalized spacial score (nSPS) is 16.8. The van der Waals surface area contributed by atoms with Gasteiger partial charge in [-0.2, -0.15) is 14.0 Å². The summed E-state index contributed by atoms with van der Waals surface area (Å²) < 4.78 is 30.8. The van der Waals surface area contributed by atoms with Crippen molar-refractivity contribution in [1.29, 1.82) is 0 Å². The van der Waals surface area contributed by atoms with Gasteiger partial charge in [0.15, 0.2) is 0 Å². The number of aliphatic hydroxyl groups is 1. The van der Waals surface area contributed by atoms with Gasteiger partial charge in [0.05, 0.1) is 17.2 Å². The van der Waals surface area contributed by atoms with E-state index in [0.717, 1.165) is 0 Å². The van der Waals surface area contributed by atoms with Crippen LogP contribution >= 0.6 is 0 Å². The fourth-order valence-electron chi connectivity index (χ4n) is 1.69. The van der Waals surface area contributed by atoms with Crippen LogP contribution in [0.2, 0.25) is 0 Å². The Kier molecular flexibility index (Phi) is 4.17. The summed E-state index contributed by atoms with van der Waals surface area (Å²) in [5.41, 5.74) is 3.75. The first-order valence-electron chi connectivity index (χ1n) is 5.66. The van der Waals surface area contributed by atoms with Gasteiger partial charge in [-0.1, -0.05) is 6.08 Å². The largest absolute Gasteiger partial charge is 0.395 e. The molecule has 0 saturated carbocycles. The molecule has 3 N–H and O–H groups in total. The third-order valence-electron chi connectivity index (χ3n) is 2.61. The number of nitrogens with zero attached hydrogens (tertiary/aromatic N) is 2. The average Bonchev–Trinajstić information content (AvgIpc) is 2.39. The fraction of sp³-hybridized carbons (Fsp3) is 0.273. The molecule has 1 aromatic rings. The van der Waals surface area contributed by atoms with Gasteiger partial charge < -0.3 is 5.11 Å². The summed E-state index contributed by atoms with van der Waals surface area (Å²) in [7, 11) is -4.17. The topological polar surface area (TPSA) is 93.1 Å². The van der Waals surface area contributed by atoms with Crippen molar-refractivity contribution in [2.24, 2.45) is 0 Å². The highest BCUT2D eigenvalue weighted by Crippen LogP contribution is 2.18. The number of aliphatic hydroxyl groups excluding tert-OH is 1. The van der Waals surface area contributed by atoms with Crippen LogP contribution in [0.5, 0.6) is 0 Å². The van der Waals surface area contributed by atoms with Gasteiger partial charge in [0.25, 0.3) is 10.1 Å². The zero-order valence-electron chi connectivity index (χ0n) is 10.1. The molecule has 0 unspecified atom stereocenters. The molecule has 0 aromatic heterocycles. The summed E-state index contributed by atoms with van der Waals surface area (Å²) in [6, 6.07) is 5.79. The maximum absolute atomic E-state index is 10.9. The van der Waals surface area contributed by atoms with Gasteiger partial charge in [0.1, 0.15) is 0 Å². The van der Waals surface area contributed by atoms with Gasteiger partial charge in [-0.05, 0) is 24.3 Å². The number of anilines is 1. The highest BCUT2D eigenvalue weighted by Gasteiger charge is 2.14. The molecule has 1 aliphatic rings. The van der Waals surface area contributed by atoms with E-state index in [1.54, 1.807) is 28.4 Å². The molecule has 19 heavy (non-hydrogen) atoms. The molecular weight excluding hydrogens is 270 g/mol. The molecule has 7 nitrogen and oxygen atoms in total. The van der Waals surface area contributed by atoms with Crippen molar-refractivity contribution < 1.29 is 18.1 Å². The highest BCUT2D eigenvalue weighted by atomic mass is 32.2. The quantitative estimate of drug-likeness (QED) is 0.669. The number of benzene rings is 1. The molecule has 0 fully saturated rings. The van der Waals surface area contributed by atoms with Crippen molar-refractivity contribution in [3.8, 4) is 0 Å². The summed E-state index contributed by atoms with van der Waals surface area (Å²) in [4.78, 5) is -0.149. The van der Waals surface area contributed by atoms with Crippen LogP contribution < -0.4 is 10.5 Å². The standard InChI is InChI=1S/C11H15N3O4S/c15-9-8-13-6-1-7-14(12-13)10-2-4-11(5-3-10)19(16,17)18/h1-5,7,12,15H,6,8-9H2,(H,16,17,18). The van der Waals surface area contributed by atoms with E-state index in [4.69, 9.17) is 9.66 Å². The van der Waals surface area contributed by atoms with E-state index >= 15 is 0 Å². The van der Waals surface area contributed by atoms with Gasteiger partial charge in [0, 0.05) is 19.3 Å². The third-order valence-corrected chi connectivity index (χ3v) is 3.48. The van der Waals surface area contributed by atoms with Crippen LogP contribution in [-0.2, 0) is 10.1 Å². The molecular formula is C11H15N3O4S. The fourth-order valence-corrected chi connectivity index (χ4v) is 2.17. The predicted octanol–water partition coefficient (Wildman–Crippen LogP) is -0.0191. The molecule has 0 spiro atoms. The molecule has 1 aliphatic heterocycles. The molecule has 0 atom stereocenters. The van der Waals surface area contributed by atoms with Crippen molar-refractivity contribution in [1.82, 2.24) is 10.5 Å². The first-order valence-corrected chi connectivity index (χ1v) is 7.10. The zero-order chi connectivity index (χ0) is 13.9. The van der Waals surface area contributed by atoms with E-state index in [-0.39, 0.29) is 11.5 Å². The van der Waals surface area contributed by atoms with Crippen LogP contribution in [0, 0.1) is 0 Å². The van der Waals surface area contributed by atoms with Gasteiger partial charge in [-0.25, -0.2) is 5.01 Å². The second-order valence-corrected chi connectivity index (χ2v) is 5.41. The van der Waals surface area contributed by atoms with Gasteiger partial charge in [0.2, 0.25) is 0 Å². The van der Waals surface area contributed by atoms with Crippen molar-refractivity contribution >= 4 is 15.8 Å². The minimum Gasteiger partial charge on any atom is -0.395 e. The summed E-state index contributed by atoms with van der Waals surface area (Å²) in [5, 5.41) is 12.4. The Balaban J connectivity index is 2.14. The molecule has 1 heterocycles. The highest BCUT2D eigenvalue weighted by molar-refractivity contribution is 7.85. The van der Waals surface area contributed by atoms with E-state index < -0.39 is 10.1 Å². The van der Waals surface area contributed by atoms with E-state index in [9.17, 15) is 8.42 Å². The SMILES string of the molecule is O=S(=O)(O)c1ccc(N2C=CCN(CCO)N2)cc1. The number of hydrogen-bond donors (Lipinski definition) is 3. The first-order chi connectivity index (χ1) is 9.00. The van der Waals surface area contributed by atoms with E-state index in [0.29, 0.717) is 18.8 Å². The maximum atomic E-state index is 10.9. The molecule has 0 radical (unpaired) electrons. The Morgan fingerprint density at radius 1 is 1.26 bits per heavy atom. The number of rotatable bonds is 4. The Labute approximate surface area is 111 Å². The molecule has 0 saturated heterocycles. The number of hydrogen-bond acceptors (Lipinski definition) is 6. The van der Waals surface area contributed by atoms with Crippen LogP contribution in [0.4, 0.5) is 5.69 Å². The minimum atomic E-state index is -4.17.